The maximum atomic E-state index is 2.54. The van der Waals surface area contributed by atoms with Crippen molar-refractivity contribution in [1.82, 2.24) is 4.57 Å². The molecule has 1 aliphatic heterocycles. The molecule has 0 fully saturated rings. The molecule has 0 saturated heterocycles. The molecule has 1 unspecified atom stereocenters. The standard InChI is InChI=1S/C68H44N2/c1-4-21-45(22-5-1)50-27-12-17-36-63(50)69(48-39-41-53-51-28-10-14-32-57(51)67(61(53)43-48,46-23-6-2-7-24-46)47-25-8-3-9-26-47)49-40-42-54-52-29-11-15-33-58(52)68(62(54)44-49)59-34-16-19-38-65(59)70-64-37-18-13-30-55(64)56-31-20-35-60(68)66(56)70/h1-44H. The van der Waals surface area contributed by atoms with E-state index in [9.17, 15) is 0 Å². The lowest BCUT2D eigenvalue weighted by Gasteiger charge is -2.40. The highest BCUT2D eigenvalue weighted by Crippen LogP contribution is 2.63. The summed E-state index contributed by atoms with van der Waals surface area (Å²) in [6.07, 6.45) is 0. The van der Waals surface area contributed by atoms with Crippen molar-refractivity contribution in [3.05, 3.63) is 311 Å². The Bertz CT molecular complexity index is 4030. The fraction of sp³-hybridized carbons (Fsp3) is 0.0294. The molecule has 0 bridgehead atoms. The van der Waals surface area contributed by atoms with Crippen molar-refractivity contribution >= 4 is 38.9 Å². The number of hydrogen-bond donors (Lipinski definition) is 0. The zero-order valence-corrected chi connectivity index (χ0v) is 38.3. The summed E-state index contributed by atoms with van der Waals surface area (Å²) < 4.78 is 2.53. The summed E-state index contributed by atoms with van der Waals surface area (Å²) in [4.78, 5) is 2.54. The van der Waals surface area contributed by atoms with Gasteiger partial charge in [-0.05, 0) is 115 Å². The Morgan fingerprint density at radius 2 is 0.771 bits per heavy atom. The highest BCUT2D eigenvalue weighted by Gasteiger charge is 2.51. The van der Waals surface area contributed by atoms with Crippen LogP contribution >= 0.6 is 0 Å². The van der Waals surface area contributed by atoms with Crippen LogP contribution in [0, 0.1) is 0 Å². The van der Waals surface area contributed by atoms with Crippen LogP contribution in [0.5, 0.6) is 0 Å². The van der Waals surface area contributed by atoms with E-state index >= 15 is 0 Å². The first-order valence-corrected chi connectivity index (χ1v) is 24.4. The molecule has 0 amide bonds. The lowest BCUT2D eigenvalue weighted by atomic mass is 9.65. The van der Waals surface area contributed by atoms with Crippen LogP contribution in [-0.2, 0) is 10.8 Å². The van der Waals surface area contributed by atoms with Crippen molar-refractivity contribution in [3.63, 3.8) is 0 Å². The Morgan fingerprint density at radius 3 is 1.44 bits per heavy atom. The van der Waals surface area contributed by atoms with Crippen molar-refractivity contribution in [2.75, 3.05) is 4.90 Å². The zero-order chi connectivity index (χ0) is 46.0. The van der Waals surface area contributed by atoms with Crippen molar-refractivity contribution in [2.45, 2.75) is 10.8 Å². The fourth-order valence-electron chi connectivity index (χ4n) is 13.2. The van der Waals surface area contributed by atoms with Crippen molar-refractivity contribution < 1.29 is 0 Å². The van der Waals surface area contributed by atoms with Crippen LogP contribution in [0.4, 0.5) is 17.1 Å². The van der Waals surface area contributed by atoms with Gasteiger partial charge >= 0.3 is 0 Å². The second-order valence-corrected chi connectivity index (χ2v) is 19.1. The second kappa shape index (κ2) is 14.8. The average molecular weight is 889 g/mol. The first-order chi connectivity index (χ1) is 34.8. The van der Waals surface area contributed by atoms with Crippen LogP contribution < -0.4 is 4.90 Å². The van der Waals surface area contributed by atoms with Crippen LogP contribution in [-0.4, -0.2) is 4.57 Å². The Labute approximate surface area is 407 Å². The molecule has 11 aromatic carbocycles. The van der Waals surface area contributed by atoms with Gasteiger partial charge in [-0.25, -0.2) is 0 Å². The van der Waals surface area contributed by atoms with Gasteiger partial charge in [-0.15, -0.1) is 0 Å². The highest BCUT2D eigenvalue weighted by molar-refractivity contribution is 6.13. The number of fused-ring (bicyclic) bond motifs is 15. The molecule has 0 N–H and O–H groups in total. The summed E-state index contributed by atoms with van der Waals surface area (Å²) in [5.74, 6) is 0. The number of para-hydroxylation sites is 4. The van der Waals surface area contributed by atoms with Gasteiger partial charge in [-0.3, -0.25) is 0 Å². The maximum Gasteiger partial charge on any atom is 0.0755 e. The largest absolute Gasteiger partial charge is 0.310 e. The van der Waals surface area contributed by atoms with Gasteiger partial charge in [0.05, 0.1) is 33.2 Å². The van der Waals surface area contributed by atoms with E-state index in [0.717, 1.165) is 17.1 Å². The van der Waals surface area contributed by atoms with E-state index in [1.54, 1.807) is 0 Å². The third kappa shape index (κ3) is 5.07. The van der Waals surface area contributed by atoms with Gasteiger partial charge < -0.3 is 9.47 Å². The minimum absolute atomic E-state index is 0.554. The Morgan fingerprint density at radius 1 is 0.300 bits per heavy atom. The SMILES string of the molecule is c1ccc(-c2ccccc2N(c2ccc3c(c2)C(c2ccccc2)(c2ccccc2)c2ccccc2-3)c2ccc3c(c2)C2(c4ccccc4-3)c3ccccc3-n3c4ccccc4c4cccc2c43)cc1. The topological polar surface area (TPSA) is 8.17 Å². The quantitative estimate of drug-likeness (QED) is 0.161. The number of benzene rings is 11. The lowest BCUT2D eigenvalue weighted by molar-refractivity contribution is 0.748. The second-order valence-electron chi connectivity index (χ2n) is 19.1. The molecular formula is C68H44N2. The van der Waals surface area contributed by atoms with Gasteiger partial charge in [-0.2, -0.15) is 0 Å². The molecule has 0 saturated carbocycles. The van der Waals surface area contributed by atoms with Gasteiger partial charge in [0.15, 0.2) is 0 Å². The molecule has 1 aromatic heterocycles. The van der Waals surface area contributed by atoms with E-state index in [2.05, 4.69) is 276 Å². The first-order valence-electron chi connectivity index (χ1n) is 24.4. The molecule has 3 aliphatic rings. The van der Waals surface area contributed by atoms with Gasteiger partial charge in [0.1, 0.15) is 0 Å². The molecule has 12 aromatic rings. The smallest absolute Gasteiger partial charge is 0.0755 e. The summed E-state index contributed by atoms with van der Waals surface area (Å²) in [7, 11) is 0. The number of nitrogens with zero attached hydrogens (tertiary/aromatic N) is 2. The Hall–Kier alpha value is -8.98. The lowest BCUT2D eigenvalue weighted by Crippen LogP contribution is -2.33. The zero-order valence-electron chi connectivity index (χ0n) is 38.3. The molecule has 15 rings (SSSR count). The van der Waals surface area contributed by atoms with E-state index in [4.69, 9.17) is 0 Å². The van der Waals surface area contributed by atoms with Crippen LogP contribution in [0.3, 0.4) is 0 Å². The van der Waals surface area contributed by atoms with Gasteiger partial charge in [0, 0.05) is 27.7 Å². The molecule has 2 aliphatic carbocycles. The molecule has 326 valence electrons. The monoisotopic (exact) mass is 888 g/mol. The number of rotatable bonds is 6. The van der Waals surface area contributed by atoms with Crippen LogP contribution in [0.15, 0.2) is 267 Å². The van der Waals surface area contributed by atoms with Crippen molar-refractivity contribution in [1.29, 1.82) is 0 Å². The Kier molecular flexibility index (Phi) is 8.24. The van der Waals surface area contributed by atoms with Crippen molar-refractivity contribution in [2.24, 2.45) is 0 Å². The van der Waals surface area contributed by atoms with Crippen LogP contribution in [0.25, 0.3) is 60.9 Å². The molecule has 2 heteroatoms. The Balaban J connectivity index is 1.04. The molecule has 1 spiro atoms. The molecule has 1 atom stereocenters. The third-order valence-corrected chi connectivity index (χ3v) is 15.9. The van der Waals surface area contributed by atoms with Crippen LogP contribution in [0.2, 0.25) is 0 Å². The predicted molar refractivity (Wildman–Crippen MR) is 289 cm³/mol. The summed E-state index contributed by atoms with van der Waals surface area (Å²) in [6.45, 7) is 0. The molecule has 2 nitrogen and oxygen atoms in total. The predicted octanol–water partition coefficient (Wildman–Crippen LogP) is 17.0. The number of aromatic nitrogens is 1. The van der Waals surface area contributed by atoms with Gasteiger partial charge in [0.25, 0.3) is 0 Å². The molecular weight excluding hydrogens is 845 g/mol. The van der Waals surface area contributed by atoms with E-state index in [-0.39, 0.29) is 0 Å². The first kappa shape index (κ1) is 39.1. The van der Waals surface area contributed by atoms with Gasteiger partial charge in [0.2, 0.25) is 0 Å². The van der Waals surface area contributed by atoms with Crippen molar-refractivity contribution in [3.8, 4) is 39.1 Å². The summed E-state index contributed by atoms with van der Waals surface area (Å²) in [6, 6.07) is 99.9. The average Bonchev–Trinajstić information content (AvgIpc) is 4.04. The van der Waals surface area contributed by atoms with Gasteiger partial charge in [-0.1, -0.05) is 224 Å². The fourth-order valence-corrected chi connectivity index (χ4v) is 13.2. The van der Waals surface area contributed by atoms with E-state index < -0.39 is 10.8 Å². The highest BCUT2D eigenvalue weighted by atomic mass is 15.1. The van der Waals surface area contributed by atoms with E-state index in [0.29, 0.717) is 0 Å². The minimum atomic E-state index is -0.595. The third-order valence-electron chi connectivity index (χ3n) is 15.9. The molecule has 2 heterocycles. The normalized spacial score (nSPS) is 15.3. The molecule has 70 heavy (non-hydrogen) atoms. The van der Waals surface area contributed by atoms with Crippen LogP contribution in [0.1, 0.15) is 44.5 Å². The number of anilines is 3. The molecule has 0 radical (unpaired) electrons. The van der Waals surface area contributed by atoms with E-state index in [1.807, 2.05) is 0 Å². The summed E-state index contributed by atoms with van der Waals surface area (Å²) in [5.41, 5.74) is 23.6. The summed E-state index contributed by atoms with van der Waals surface area (Å²) >= 11 is 0. The minimum Gasteiger partial charge on any atom is -0.310 e. The maximum absolute atomic E-state index is 2.54. The van der Waals surface area contributed by atoms with E-state index in [1.165, 1.54) is 105 Å². The summed E-state index contributed by atoms with van der Waals surface area (Å²) in [5, 5.41) is 2.55. The number of hydrogen-bond acceptors (Lipinski definition) is 1.